The molecule has 25 heavy (non-hydrogen) atoms. The molecule has 0 N–H and O–H groups in total. The van der Waals surface area contributed by atoms with Gasteiger partial charge in [0.15, 0.2) is 0 Å². The monoisotopic (exact) mass is 393 g/mol. The van der Waals surface area contributed by atoms with Gasteiger partial charge in [0, 0.05) is 26.4 Å². The molecule has 130 valence electrons. The first-order valence-electron chi connectivity index (χ1n) is 7.67. The topological polar surface area (TPSA) is 48.3 Å². The van der Waals surface area contributed by atoms with Gasteiger partial charge >= 0.3 is 10.8 Å². The zero-order valence-electron chi connectivity index (χ0n) is 13.5. The summed E-state index contributed by atoms with van der Waals surface area (Å²) in [5, 5.41) is 4.45. The second kappa shape index (κ2) is 8.08. The summed E-state index contributed by atoms with van der Waals surface area (Å²) in [7, 11) is 0. The van der Waals surface area contributed by atoms with Crippen LogP contribution in [0.15, 0.2) is 51.5 Å². The van der Waals surface area contributed by atoms with Crippen LogP contribution in [0.2, 0.25) is 5.02 Å². The molecule has 0 saturated heterocycles. The Balaban J connectivity index is 1.57. The normalized spacial score (nSPS) is 11.0. The fourth-order valence-electron chi connectivity index (χ4n) is 2.49. The van der Waals surface area contributed by atoms with Crippen LogP contribution >= 0.6 is 34.7 Å². The molecule has 1 heterocycles. The minimum atomic E-state index is -0.310. The number of ether oxygens (including phenoxy) is 1. The SMILES string of the molecule is Cc1csc(=O)n1CCOC(=O)CSc1cccc2cccc(Cl)c12. The quantitative estimate of drug-likeness (QED) is 0.461. The average Bonchev–Trinajstić information content (AvgIpc) is 2.92. The smallest absolute Gasteiger partial charge is 0.316 e. The number of aryl methyl sites for hydroxylation is 1. The Kier molecular flexibility index (Phi) is 5.83. The van der Waals surface area contributed by atoms with Crippen molar-refractivity contribution >= 4 is 51.4 Å². The van der Waals surface area contributed by atoms with Crippen LogP contribution in [0.25, 0.3) is 10.8 Å². The number of carbonyl (C=O) groups is 1. The number of hydrogen-bond donors (Lipinski definition) is 0. The summed E-state index contributed by atoms with van der Waals surface area (Å²) in [6, 6.07) is 11.6. The Labute approximate surface area is 158 Å². The summed E-state index contributed by atoms with van der Waals surface area (Å²) >= 11 is 8.84. The molecule has 7 heteroatoms. The van der Waals surface area contributed by atoms with E-state index in [4.69, 9.17) is 16.3 Å². The molecule has 3 aromatic rings. The number of esters is 1. The van der Waals surface area contributed by atoms with E-state index in [2.05, 4.69) is 0 Å². The molecular weight excluding hydrogens is 378 g/mol. The lowest BCUT2D eigenvalue weighted by atomic mass is 10.1. The maximum absolute atomic E-state index is 12.0. The van der Waals surface area contributed by atoms with E-state index < -0.39 is 0 Å². The lowest BCUT2D eigenvalue weighted by molar-refractivity contribution is -0.140. The number of thioether (sulfide) groups is 1. The van der Waals surface area contributed by atoms with Gasteiger partial charge in [0.05, 0.1) is 12.3 Å². The van der Waals surface area contributed by atoms with Crippen molar-refractivity contribution in [2.24, 2.45) is 0 Å². The van der Waals surface area contributed by atoms with Crippen molar-refractivity contribution in [2.75, 3.05) is 12.4 Å². The van der Waals surface area contributed by atoms with Crippen molar-refractivity contribution in [1.29, 1.82) is 0 Å². The molecule has 0 spiro atoms. The maximum atomic E-state index is 12.0. The third-order valence-electron chi connectivity index (χ3n) is 3.72. The molecule has 0 aliphatic heterocycles. The summed E-state index contributed by atoms with van der Waals surface area (Å²) in [5.41, 5.74) is 0.880. The maximum Gasteiger partial charge on any atom is 0.316 e. The number of thiazole rings is 1. The number of rotatable bonds is 6. The number of benzene rings is 2. The molecule has 0 aliphatic carbocycles. The van der Waals surface area contributed by atoms with Crippen LogP contribution in [0, 0.1) is 6.92 Å². The van der Waals surface area contributed by atoms with Crippen molar-refractivity contribution in [2.45, 2.75) is 18.4 Å². The van der Waals surface area contributed by atoms with Gasteiger partial charge in [0.1, 0.15) is 6.61 Å². The highest BCUT2D eigenvalue weighted by molar-refractivity contribution is 8.00. The molecule has 0 saturated carbocycles. The van der Waals surface area contributed by atoms with Crippen LogP contribution in [0.5, 0.6) is 0 Å². The van der Waals surface area contributed by atoms with E-state index in [0.29, 0.717) is 11.6 Å². The second-order valence-electron chi connectivity index (χ2n) is 5.40. The van der Waals surface area contributed by atoms with E-state index in [-0.39, 0.29) is 23.2 Å². The molecule has 3 rings (SSSR count). The second-order valence-corrected chi connectivity index (χ2v) is 7.64. The van der Waals surface area contributed by atoms with Gasteiger partial charge in [-0.15, -0.1) is 11.8 Å². The molecule has 1 aromatic heterocycles. The van der Waals surface area contributed by atoms with Gasteiger partial charge in [0.25, 0.3) is 0 Å². The Bertz CT molecular complexity index is 959. The van der Waals surface area contributed by atoms with E-state index in [9.17, 15) is 9.59 Å². The van der Waals surface area contributed by atoms with Crippen LogP contribution in [0.3, 0.4) is 0 Å². The van der Waals surface area contributed by atoms with E-state index in [1.807, 2.05) is 43.3 Å². The Hall–Kier alpha value is -1.76. The van der Waals surface area contributed by atoms with Crippen LogP contribution in [-0.2, 0) is 16.1 Å². The van der Waals surface area contributed by atoms with Crippen molar-refractivity contribution < 1.29 is 9.53 Å². The lowest BCUT2D eigenvalue weighted by Crippen LogP contribution is -2.20. The zero-order valence-corrected chi connectivity index (χ0v) is 15.9. The highest BCUT2D eigenvalue weighted by atomic mass is 35.5. The lowest BCUT2D eigenvalue weighted by Gasteiger charge is -2.09. The molecule has 0 atom stereocenters. The number of halogens is 1. The summed E-state index contributed by atoms with van der Waals surface area (Å²) < 4.78 is 6.85. The largest absolute Gasteiger partial charge is 0.463 e. The van der Waals surface area contributed by atoms with Gasteiger partial charge in [-0.2, -0.15) is 0 Å². The summed E-state index contributed by atoms with van der Waals surface area (Å²) in [5.74, 6) is -0.114. The molecule has 0 fully saturated rings. The molecule has 2 aromatic carbocycles. The summed E-state index contributed by atoms with van der Waals surface area (Å²) in [6.45, 7) is 2.43. The highest BCUT2D eigenvalue weighted by Gasteiger charge is 2.10. The minimum Gasteiger partial charge on any atom is -0.463 e. The fourth-order valence-corrected chi connectivity index (χ4v) is 4.49. The number of carbonyl (C=O) groups excluding carboxylic acids is 1. The minimum absolute atomic E-state index is 0.0340. The molecule has 4 nitrogen and oxygen atoms in total. The third-order valence-corrected chi connectivity index (χ3v) is 5.94. The van der Waals surface area contributed by atoms with Gasteiger partial charge in [-0.1, -0.05) is 47.2 Å². The Morgan fingerprint density at radius 2 is 2.04 bits per heavy atom. The Morgan fingerprint density at radius 3 is 2.76 bits per heavy atom. The molecule has 0 aliphatic rings. The van der Waals surface area contributed by atoms with Crippen molar-refractivity contribution in [3.05, 3.63) is 62.2 Å². The summed E-state index contributed by atoms with van der Waals surface area (Å²) in [6.07, 6.45) is 0. The van der Waals surface area contributed by atoms with Crippen LogP contribution in [-0.4, -0.2) is 22.9 Å². The number of hydrogen-bond acceptors (Lipinski definition) is 5. The number of nitrogens with zero attached hydrogens (tertiary/aromatic N) is 1. The first-order valence-corrected chi connectivity index (χ1v) is 9.91. The zero-order chi connectivity index (χ0) is 17.8. The van der Waals surface area contributed by atoms with Gasteiger partial charge in [0.2, 0.25) is 0 Å². The van der Waals surface area contributed by atoms with Crippen LogP contribution in [0.1, 0.15) is 5.69 Å². The third kappa shape index (κ3) is 4.26. The standard InChI is InChI=1S/C18H16ClNO3S2/c1-12-10-25-18(22)20(12)8-9-23-16(21)11-24-15-7-3-5-13-4-2-6-14(19)17(13)15/h2-7,10H,8-9,11H2,1H3. The van der Waals surface area contributed by atoms with Crippen molar-refractivity contribution in [1.82, 2.24) is 4.57 Å². The van der Waals surface area contributed by atoms with E-state index >= 15 is 0 Å². The number of aromatic nitrogens is 1. The van der Waals surface area contributed by atoms with Crippen molar-refractivity contribution in [3.8, 4) is 0 Å². The van der Waals surface area contributed by atoms with Crippen LogP contribution < -0.4 is 4.87 Å². The van der Waals surface area contributed by atoms with E-state index in [0.717, 1.165) is 32.7 Å². The molecule has 0 radical (unpaired) electrons. The van der Waals surface area contributed by atoms with E-state index in [1.165, 1.54) is 11.8 Å². The first-order chi connectivity index (χ1) is 12.1. The fraction of sp³-hybridized carbons (Fsp3) is 0.222. The van der Waals surface area contributed by atoms with Gasteiger partial charge in [-0.25, -0.2) is 0 Å². The van der Waals surface area contributed by atoms with Gasteiger partial charge in [-0.3, -0.25) is 14.2 Å². The first kappa shape index (κ1) is 18.0. The Morgan fingerprint density at radius 1 is 1.28 bits per heavy atom. The molecule has 0 amide bonds. The average molecular weight is 394 g/mol. The molecule has 0 unspecified atom stereocenters. The van der Waals surface area contributed by atoms with Gasteiger partial charge in [-0.05, 0) is 24.4 Å². The summed E-state index contributed by atoms with van der Waals surface area (Å²) in [4.78, 5) is 24.5. The van der Waals surface area contributed by atoms with Crippen molar-refractivity contribution in [3.63, 3.8) is 0 Å². The predicted octanol–water partition coefficient (Wildman–Crippen LogP) is 4.36. The highest BCUT2D eigenvalue weighted by Crippen LogP contribution is 2.33. The molecule has 0 bridgehead atoms. The predicted molar refractivity (Wildman–Crippen MR) is 104 cm³/mol. The van der Waals surface area contributed by atoms with E-state index in [1.54, 1.807) is 9.95 Å². The number of fused-ring (bicyclic) bond motifs is 1. The van der Waals surface area contributed by atoms with Gasteiger partial charge < -0.3 is 4.74 Å². The molecular formula is C18H16ClNO3S2. The van der Waals surface area contributed by atoms with Crippen LogP contribution in [0.4, 0.5) is 0 Å².